The third kappa shape index (κ3) is 49.0. The first-order valence-electron chi connectivity index (χ1n) is 24.5. The zero-order valence-corrected chi connectivity index (χ0v) is 45.8. The van der Waals surface area contributed by atoms with Crippen molar-refractivity contribution in [2.75, 3.05) is 101 Å². The van der Waals surface area contributed by atoms with E-state index in [1.807, 2.05) is 0 Å². The first kappa shape index (κ1) is 74.0. The summed E-state index contributed by atoms with van der Waals surface area (Å²) in [6.45, 7) is 2.02. The quantitative estimate of drug-likeness (QED) is 0.0431. The van der Waals surface area contributed by atoms with Crippen LogP contribution in [0.5, 0.6) is 0 Å². The Hall–Kier alpha value is -4.57. The molecule has 72 heavy (non-hydrogen) atoms. The predicted molar refractivity (Wildman–Crippen MR) is 270 cm³/mol. The summed E-state index contributed by atoms with van der Waals surface area (Å²) >= 11 is 0. The first-order chi connectivity index (χ1) is 33.4. The number of nitrogens with zero attached hydrogens (tertiary/aromatic N) is 1. The summed E-state index contributed by atoms with van der Waals surface area (Å²) in [6.07, 6.45) is 11.6. The van der Waals surface area contributed by atoms with Crippen molar-refractivity contribution < 1.29 is 83.2 Å². The molecule has 0 aliphatic heterocycles. The normalized spacial score (nSPS) is 10.6. The molecule has 23 nitrogen and oxygen atoms in total. The molecule has 0 spiro atoms. The van der Waals surface area contributed by atoms with Crippen molar-refractivity contribution in [1.29, 1.82) is 0 Å². The fraction of sp³-hybridized carbons (Fsp3) is 0.792. The smallest absolute Gasteiger partial charge is 0.668 e. The van der Waals surface area contributed by atoms with Crippen LogP contribution >= 0.6 is 0 Å². The van der Waals surface area contributed by atoms with Crippen LogP contribution in [0.4, 0.5) is 0 Å². The van der Waals surface area contributed by atoms with E-state index in [0.29, 0.717) is 97.1 Å². The Morgan fingerprint density at radius 2 is 0.875 bits per heavy atom. The Morgan fingerprint density at radius 3 is 1.32 bits per heavy atom. The van der Waals surface area contributed by atoms with E-state index in [9.17, 15) is 47.9 Å². The average molecular weight is 1200 g/mol. The minimum atomic E-state index is -0.598. The third-order valence-corrected chi connectivity index (χ3v) is 10.8. The molecule has 0 rings (SSSR count). The van der Waals surface area contributed by atoms with Gasteiger partial charge in [-0.1, -0.05) is 39.5 Å². The van der Waals surface area contributed by atoms with Crippen molar-refractivity contribution in [3.05, 3.63) is 11.5 Å². The van der Waals surface area contributed by atoms with Crippen molar-refractivity contribution in [2.24, 2.45) is 11.1 Å². The molecule has 0 radical (unpaired) electrons. The summed E-state index contributed by atoms with van der Waals surface area (Å²) < 4.78 is 17.1. The van der Waals surface area contributed by atoms with Crippen LogP contribution in [-0.2, 0) is 83.2 Å². The first-order valence-corrected chi connectivity index (χ1v) is 24.5. The van der Waals surface area contributed by atoms with E-state index >= 15 is 0 Å². The fourth-order valence-electron chi connectivity index (χ4n) is 6.67. The van der Waals surface area contributed by atoms with E-state index in [0.717, 1.165) is 38.5 Å². The number of carbonyl (C=O) groups excluding carboxylic acids is 10. The van der Waals surface area contributed by atoms with Crippen molar-refractivity contribution in [1.82, 2.24) is 36.8 Å². The van der Waals surface area contributed by atoms with Crippen LogP contribution in [0.25, 0.3) is 11.5 Å². The van der Waals surface area contributed by atoms with Gasteiger partial charge in [-0.05, 0) is 70.6 Å². The molecule has 0 unspecified atom stereocenters. The van der Waals surface area contributed by atoms with Crippen molar-refractivity contribution in [3.8, 4) is 0 Å². The van der Waals surface area contributed by atoms with E-state index in [4.69, 9.17) is 31.4 Å². The number of rotatable bonds is 45. The summed E-state index contributed by atoms with van der Waals surface area (Å²) in [5.74, 6) is -2.66. The number of hydrogen-bond acceptors (Lipinski definition) is 14. The molecule has 24 heteroatoms. The number of ether oxygens (including phenoxy) is 3. The molecule has 0 saturated heterocycles. The summed E-state index contributed by atoms with van der Waals surface area (Å²) in [7, 11) is 6.26. The second-order valence-corrected chi connectivity index (χ2v) is 17.0. The minimum absolute atomic E-state index is 0. The number of amides is 9. The maximum absolute atomic E-state index is 12.5. The maximum atomic E-state index is 12.5. The molecule has 0 atom stereocenters. The van der Waals surface area contributed by atoms with Gasteiger partial charge >= 0.3 is 21.1 Å². The second kappa shape index (κ2) is 50.0. The van der Waals surface area contributed by atoms with Crippen molar-refractivity contribution >= 4 is 58.9 Å². The summed E-state index contributed by atoms with van der Waals surface area (Å²) in [4.78, 5) is 117. The second-order valence-electron chi connectivity index (χ2n) is 17.0. The van der Waals surface area contributed by atoms with Gasteiger partial charge in [-0.25, -0.2) is 0 Å². The number of likely N-dealkylation sites (N-methyl/N-ethyl adjacent to an activating group) is 1. The van der Waals surface area contributed by atoms with Crippen LogP contribution in [0.2, 0.25) is 0 Å². The zero-order valence-electron chi connectivity index (χ0n) is 42.9. The Bertz CT molecular complexity index is 1440. The molecule has 0 heterocycles. The third-order valence-electron chi connectivity index (χ3n) is 10.8. The average Bonchev–Trinajstić information content (AvgIpc) is 3.32. The van der Waals surface area contributed by atoms with Gasteiger partial charge in [-0.2, -0.15) is 0 Å². The Labute approximate surface area is 442 Å². The largest absolute Gasteiger partial charge is 2.00 e. The minimum Gasteiger partial charge on any atom is -0.668 e. The van der Waals surface area contributed by atoms with Gasteiger partial charge in [0, 0.05) is 97.2 Å². The summed E-state index contributed by atoms with van der Waals surface area (Å²) in [6, 6.07) is 0. The number of nitrogens with two attached hydrogens (primary N) is 1. The SMILES string of the molecule is C.CNC(=O)CCCCCNC(=O)CN(CC(=O)CCCCCCC([NH-])=O)CC(=O)NCCCCCC([NH-])=O.CNC(=O)CCOCC(CCCCC(N)=O)(CCOCC(=O)NC)COCCC(=O)NC.[W+2]. The van der Waals surface area contributed by atoms with Crippen LogP contribution in [0, 0.1) is 5.41 Å². The van der Waals surface area contributed by atoms with Crippen LogP contribution in [0.3, 0.4) is 0 Å². The molecule has 0 bridgehead atoms. The van der Waals surface area contributed by atoms with Crippen LogP contribution < -0.4 is 37.6 Å². The Morgan fingerprint density at radius 1 is 0.458 bits per heavy atom. The molecule has 0 aliphatic carbocycles. The van der Waals surface area contributed by atoms with E-state index in [2.05, 4.69) is 31.9 Å². The molecule has 9 amide bonds. The standard InChI is InChI=1S/C26H48N6O6.C21H40N4O7.CH4.W/c1-29-24(36)15-9-5-11-17-31-26(38)20-32(18-21(33)12-6-2-3-7-13-22(27)34)19-25(37)30-16-10-4-8-14-23(28)35;1-23-18(27)7-11-31-15-21(9-5-4-6-17(22)26,10-13-30-14-20(29)25-3)16-32-12-8-19(28)24-2;;/h2-20H2,1H3,(H7,27,28,29,30,31,34,35,36,37,38);4-16H2,1-3H3,(H2,22,26)(H,23,27)(H,24,28)(H,25,29);1H4;/q;;;+2/p-2. The van der Waals surface area contributed by atoms with E-state index in [1.165, 1.54) is 11.9 Å². The number of carbonyl (C=O) groups is 10. The number of hydrogen-bond donors (Lipinski definition) is 7. The molecule has 0 aromatic rings. The van der Waals surface area contributed by atoms with Gasteiger partial charge in [-0.15, -0.1) is 0 Å². The Kier molecular flexibility index (Phi) is 51.3. The number of nitrogens with one attached hydrogen (secondary N) is 8. The molecule has 0 fully saturated rings. The number of Topliss-reactive ketones (excluding diaryl/α,β-unsaturated/α-hetero) is 1. The molecule has 416 valence electrons. The number of unbranched alkanes of at least 4 members (excludes halogenated alkanes) is 8. The van der Waals surface area contributed by atoms with Crippen LogP contribution in [0.1, 0.15) is 142 Å². The van der Waals surface area contributed by atoms with Gasteiger partial charge in [0.2, 0.25) is 41.4 Å². The van der Waals surface area contributed by atoms with Crippen LogP contribution in [0.15, 0.2) is 0 Å². The van der Waals surface area contributed by atoms with Gasteiger partial charge in [0.15, 0.2) is 0 Å². The number of primary amides is 1. The van der Waals surface area contributed by atoms with Gasteiger partial charge in [0.05, 0.1) is 46.1 Å². The monoisotopic (exact) mass is 1200 g/mol. The van der Waals surface area contributed by atoms with E-state index < -0.39 is 17.2 Å². The maximum Gasteiger partial charge on any atom is 2.00 e. The predicted octanol–water partition coefficient (Wildman–Crippen LogP) is 2.57. The van der Waals surface area contributed by atoms with Gasteiger partial charge in [0.25, 0.3) is 0 Å². The zero-order chi connectivity index (χ0) is 52.8. The number of ketones is 1. The molecule has 0 saturated carbocycles. The molecule has 10 N–H and O–H groups in total. The molecule has 0 aliphatic rings. The van der Waals surface area contributed by atoms with E-state index in [1.54, 1.807) is 21.1 Å². The fourth-order valence-corrected chi connectivity index (χ4v) is 6.67. The van der Waals surface area contributed by atoms with Crippen molar-refractivity contribution in [3.63, 3.8) is 0 Å². The Balaban J connectivity index is -0.000000633. The summed E-state index contributed by atoms with van der Waals surface area (Å²) in [5, 5.41) is 15.7. The van der Waals surface area contributed by atoms with Gasteiger partial charge < -0.3 is 72.9 Å². The van der Waals surface area contributed by atoms with E-state index in [-0.39, 0.29) is 147 Å². The summed E-state index contributed by atoms with van der Waals surface area (Å²) in [5.41, 5.74) is 18.6. The van der Waals surface area contributed by atoms with Crippen molar-refractivity contribution in [2.45, 2.75) is 142 Å². The van der Waals surface area contributed by atoms with Crippen LogP contribution in [-0.4, -0.2) is 164 Å². The molecular weight excluding hydrogens is 1110 g/mol. The van der Waals surface area contributed by atoms with Gasteiger partial charge in [0.1, 0.15) is 12.4 Å². The van der Waals surface area contributed by atoms with Gasteiger partial charge in [-0.3, -0.25) is 43.3 Å². The molecular formula is C48H90N10O13W. The molecule has 0 aromatic carbocycles. The molecule has 0 aromatic heterocycles. The topological polar surface area (TPSA) is 347 Å².